The third-order valence-corrected chi connectivity index (χ3v) is 0.345. The maximum Gasteiger partial charge on any atom is 0.299 e. The third kappa shape index (κ3) is 2.10. The monoisotopic (exact) mass is 107 g/mol. The Morgan fingerprint density at radius 1 is 1.57 bits per heavy atom. The fourth-order valence-electron chi connectivity index (χ4n) is 0.0577. The molecule has 0 rings (SSSR count). The van der Waals surface area contributed by atoms with E-state index in [0.29, 0.717) is 0 Å². The summed E-state index contributed by atoms with van der Waals surface area (Å²) in [6.07, 6.45) is -2.13. The van der Waals surface area contributed by atoms with Gasteiger partial charge in [-0.05, 0) is 0 Å². The summed E-state index contributed by atoms with van der Waals surface area (Å²) in [5.74, 6) is -1.24. The van der Waals surface area contributed by atoms with Crippen LogP contribution in [0.5, 0.6) is 0 Å². The van der Waals surface area contributed by atoms with Crippen molar-refractivity contribution in [3.63, 3.8) is 0 Å². The molecule has 0 aliphatic heterocycles. The molecule has 42 valence electrons. The molecule has 0 radical (unpaired) electrons. The van der Waals surface area contributed by atoms with E-state index in [0.717, 1.165) is 5.48 Å². The van der Waals surface area contributed by atoms with Crippen molar-refractivity contribution in [2.75, 3.05) is 0 Å². The van der Waals surface area contributed by atoms with Crippen molar-refractivity contribution >= 4 is 5.91 Å². The number of hydrogen-bond acceptors (Lipinski definition) is 4. The first-order valence-electron chi connectivity index (χ1n) is 1.48. The van der Waals surface area contributed by atoms with Crippen LogP contribution in [0.2, 0.25) is 0 Å². The average molecular weight is 107 g/mol. The average Bonchev–Trinajstić information content (AvgIpc) is 1.65. The number of carbonyl (C=O) groups is 1. The molecule has 0 bridgehead atoms. The Morgan fingerprint density at radius 3 is 2.00 bits per heavy atom. The second kappa shape index (κ2) is 2.51. The summed E-state index contributed by atoms with van der Waals surface area (Å²) in [7, 11) is 0. The number of aliphatic hydroxyl groups is 2. The van der Waals surface area contributed by atoms with Crippen LogP contribution in [0, 0.1) is 0 Å². The standard InChI is InChI=1S/C2H5NO4/c4-1(3-7)2(5)6/h2,5-7H,(H,3,4). The fourth-order valence-corrected chi connectivity index (χ4v) is 0.0577. The normalized spacial score (nSPS) is 9.14. The molecule has 0 aromatic rings. The molecule has 4 N–H and O–H groups in total. The summed E-state index contributed by atoms with van der Waals surface area (Å²) < 4.78 is 0. The molecule has 0 aliphatic rings. The molecule has 5 nitrogen and oxygen atoms in total. The van der Waals surface area contributed by atoms with Crippen LogP contribution in [-0.4, -0.2) is 27.6 Å². The number of hydroxylamine groups is 1. The van der Waals surface area contributed by atoms with E-state index in [1.54, 1.807) is 0 Å². The molecule has 0 atom stereocenters. The molecule has 1 amide bonds. The van der Waals surface area contributed by atoms with Gasteiger partial charge in [0.2, 0.25) is 6.29 Å². The van der Waals surface area contributed by atoms with E-state index in [4.69, 9.17) is 15.4 Å². The van der Waals surface area contributed by atoms with Crippen molar-refractivity contribution in [2.24, 2.45) is 0 Å². The van der Waals surface area contributed by atoms with E-state index in [1.807, 2.05) is 0 Å². The molecule has 0 unspecified atom stereocenters. The van der Waals surface area contributed by atoms with E-state index in [9.17, 15) is 4.79 Å². The van der Waals surface area contributed by atoms with E-state index < -0.39 is 12.2 Å². The van der Waals surface area contributed by atoms with Crippen LogP contribution in [0.3, 0.4) is 0 Å². The Labute approximate surface area is 39.2 Å². The van der Waals surface area contributed by atoms with Gasteiger partial charge in [-0.25, -0.2) is 5.48 Å². The number of rotatable bonds is 1. The van der Waals surface area contributed by atoms with Crippen molar-refractivity contribution < 1.29 is 20.2 Å². The zero-order valence-electron chi connectivity index (χ0n) is 3.33. The van der Waals surface area contributed by atoms with Gasteiger partial charge in [0.05, 0.1) is 0 Å². The Morgan fingerprint density at radius 2 is 2.00 bits per heavy atom. The summed E-state index contributed by atoms with van der Waals surface area (Å²) in [4.78, 5) is 9.65. The highest BCUT2D eigenvalue weighted by Crippen LogP contribution is 1.68. The van der Waals surface area contributed by atoms with Crippen LogP contribution in [0.25, 0.3) is 0 Å². The minimum Gasteiger partial charge on any atom is -0.361 e. The van der Waals surface area contributed by atoms with Gasteiger partial charge >= 0.3 is 0 Å². The summed E-state index contributed by atoms with van der Waals surface area (Å²) in [5.41, 5.74) is 1.03. The van der Waals surface area contributed by atoms with Crippen LogP contribution < -0.4 is 5.48 Å². The highest BCUT2D eigenvalue weighted by molar-refractivity contribution is 5.77. The first-order chi connectivity index (χ1) is 3.18. The zero-order chi connectivity index (χ0) is 5.86. The fraction of sp³-hybridized carbons (Fsp3) is 0.500. The molecule has 0 aromatic heterocycles. The van der Waals surface area contributed by atoms with Crippen LogP contribution in [0.1, 0.15) is 0 Å². The van der Waals surface area contributed by atoms with E-state index >= 15 is 0 Å². The lowest BCUT2D eigenvalue weighted by molar-refractivity contribution is -0.156. The number of carbonyl (C=O) groups excluding carboxylic acids is 1. The largest absolute Gasteiger partial charge is 0.361 e. The smallest absolute Gasteiger partial charge is 0.299 e. The molecule has 0 aromatic carbocycles. The van der Waals surface area contributed by atoms with Gasteiger partial charge in [0.15, 0.2) is 0 Å². The molecule has 0 aliphatic carbocycles. The van der Waals surface area contributed by atoms with E-state index in [-0.39, 0.29) is 0 Å². The SMILES string of the molecule is O=C(NO)C(O)O. The second-order valence-corrected chi connectivity index (χ2v) is 0.850. The first kappa shape index (κ1) is 6.35. The lowest BCUT2D eigenvalue weighted by Gasteiger charge is -1.95. The summed E-state index contributed by atoms with van der Waals surface area (Å²) in [6, 6.07) is 0. The van der Waals surface area contributed by atoms with Crippen molar-refractivity contribution in [3.8, 4) is 0 Å². The second-order valence-electron chi connectivity index (χ2n) is 0.850. The Kier molecular flexibility index (Phi) is 2.28. The minimum atomic E-state index is -2.13. The zero-order valence-corrected chi connectivity index (χ0v) is 3.33. The van der Waals surface area contributed by atoms with Gasteiger partial charge in [-0.2, -0.15) is 0 Å². The van der Waals surface area contributed by atoms with Crippen molar-refractivity contribution in [3.05, 3.63) is 0 Å². The first-order valence-corrected chi connectivity index (χ1v) is 1.48. The van der Waals surface area contributed by atoms with Crippen molar-refractivity contribution in [1.82, 2.24) is 5.48 Å². The number of aliphatic hydroxyl groups excluding tert-OH is 1. The van der Waals surface area contributed by atoms with Crippen LogP contribution in [-0.2, 0) is 4.79 Å². The minimum absolute atomic E-state index is 1.03. The van der Waals surface area contributed by atoms with Gasteiger partial charge in [-0.15, -0.1) is 0 Å². The highest BCUT2D eigenvalue weighted by Gasteiger charge is 2.06. The summed E-state index contributed by atoms with van der Waals surface area (Å²) in [6.45, 7) is 0. The van der Waals surface area contributed by atoms with E-state index in [2.05, 4.69) is 0 Å². The lowest BCUT2D eigenvalue weighted by atomic mass is 10.6. The van der Waals surface area contributed by atoms with Gasteiger partial charge in [0, 0.05) is 0 Å². The number of amides is 1. The van der Waals surface area contributed by atoms with Crippen LogP contribution in [0.4, 0.5) is 0 Å². The maximum atomic E-state index is 9.65. The molecule has 0 fully saturated rings. The maximum absolute atomic E-state index is 9.65. The number of hydrogen-bond donors (Lipinski definition) is 4. The van der Waals surface area contributed by atoms with Crippen LogP contribution >= 0.6 is 0 Å². The Balaban J connectivity index is 3.35. The quantitative estimate of drug-likeness (QED) is 0.174. The molecular weight excluding hydrogens is 102 g/mol. The van der Waals surface area contributed by atoms with Gasteiger partial charge < -0.3 is 10.2 Å². The molecule has 0 heterocycles. The summed E-state index contributed by atoms with van der Waals surface area (Å²) >= 11 is 0. The third-order valence-electron chi connectivity index (χ3n) is 0.345. The molecule has 0 saturated heterocycles. The molecule has 0 spiro atoms. The molecule has 0 saturated carbocycles. The predicted molar refractivity (Wildman–Crippen MR) is 18.2 cm³/mol. The molecule has 5 heteroatoms. The summed E-state index contributed by atoms with van der Waals surface area (Å²) in [5, 5.41) is 23.2. The molecular formula is C2H5NO4. The topological polar surface area (TPSA) is 89.8 Å². The number of nitrogens with one attached hydrogen (secondary N) is 1. The van der Waals surface area contributed by atoms with Crippen molar-refractivity contribution in [2.45, 2.75) is 6.29 Å². The van der Waals surface area contributed by atoms with Crippen molar-refractivity contribution in [1.29, 1.82) is 0 Å². The van der Waals surface area contributed by atoms with Gasteiger partial charge in [-0.1, -0.05) is 0 Å². The van der Waals surface area contributed by atoms with Gasteiger partial charge in [0.1, 0.15) is 0 Å². The lowest BCUT2D eigenvalue weighted by Crippen LogP contribution is -2.31. The Bertz CT molecular complexity index is 70.1. The molecule has 7 heavy (non-hydrogen) atoms. The Hall–Kier alpha value is -0.650. The van der Waals surface area contributed by atoms with Crippen LogP contribution in [0.15, 0.2) is 0 Å². The van der Waals surface area contributed by atoms with E-state index in [1.165, 1.54) is 0 Å². The highest BCUT2D eigenvalue weighted by atomic mass is 16.5. The van der Waals surface area contributed by atoms with Gasteiger partial charge in [-0.3, -0.25) is 10.0 Å². The van der Waals surface area contributed by atoms with Gasteiger partial charge in [0.25, 0.3) is 5.91 Å². The predicted octanol–water partition coefficient (Wildman–Crippen LogP) is -2.20.